The number of nitrogens with zero attached hydrogens (tertiary/aromatic N) is 4. The second-order valence-electron chi connectivity index (χ2n) is 8.44. The molecule has 0 aliphatic carbocycles. The maximum atomic E-state index is 13.1. The molecule has 1 saturated heterocycles. The summed E-state index contributed by atoms with van der Waals surface area (Å²) in [7, 11) is -3.38. The summed E-state index contributed by atoms with van der Waals surface area (Å²) in [6, 6.07) is 6.92. The van der Waals surface area contributed by atoms with Gasteiger partial charge >= 0.3 is 6.18 Å². The van der Waals surface area contributed by atoms with Gasteiger partial charge in [0, 0.05) is 43.9 Å². The summed E-state index contributed by atoms with van der Waals surface area (Å²) in [4.78, 5) is 21.9. The van der Waals surface area contributed by atoms with Crippen LogP contribution in [0.4, 0.5) is 18.3 Å². The van der Waals surface area contributed by atoms with E-state index in [1.807, 2.05) is 6.92 Å². The van der Waals surface area contributed by atoms with Crippen LogP contribution in [0.5, 0.6) is 0 Å². The number of hydrogen-bond acceptors (Lipinski definition) is 7. The van der Waals surface area contributed by atoms with E-state index in [4.69, 9.17) is 5.26 Å². The molecule has 0 N–H and O–H groups in total. The van der Waals surface area contributed by atoms with E-state index in [2.05, 4.69) is 16.0 Å². The molecule has 0 bridgehead atoms. The number of sulfone groups is 1. The van der Waals surface area contributed by atoms with Crippen molar-refractivity contribution in [3.63, 3.8) is 0 Å². The average Bonchev–Trinajstić information content (AvgIpc) is 3.28. The van der Waals surface area contributed by atoms with Gasteiger partial charge in [-0.1, -0.05) is 44.6 Å². The molecule has 0 saturated carbocycles. The Morgan fingerprint density at radius 3 is 2.29 bits per heavy atom. The van der Waals surface area contributed by atoms with Gasteiger partial charge in [-0.15, -0.1) is 0 Å². The first-order valence-electron chi connectivity index (χ1n) is 11.1. The lowest BCUT2D eigenvalue weighted by Gasteiger charge is -2.35. The van der Waals surface area contributed by atoms with Crippen LogP contribution in [0.15, 0.2) is 29.3 Å². The van der Waals surface area contributed by atoms with Crippen LogP contribution < -0.4 is 4.90 Å². The molecule has 3 rings (SSSR count). The second-order valence-corrected chi connectivity index (χ2v) is 11.5. The van der Waals surface area contributed by atoms with E-state index in [1.165, 1.54) is 17.4 Å². The highest BCUT2D eigenvalue weighted by Crippen LogP contribution is 2.25. The van der Waals surface area contributed by atoms with Crippen molar-refractivity contribution in [1.29, 1.82) is 5.26 Å². The fourth-order valence-electron chi connectivity index (χ4n) is 3.21. The highest BCUT2D eigenvalue weighted by molar-refractivity contribution is 7.90. The van der Waals surface area contributed by atoms with E-state index in [-0.39, 0.29) is 10.8 Å². The zero-order chi connectivity index (χ0) is 26.4. The van der Waals surface area contributed by atoms with Gasteiger partial charge < -0.3 is 9.80 Å². The molecule has 0 radical (unpaired) electrons. The Balaban J connectivity index is 0.000000540. The van der Waals surface area contributed by atoms with Gasteiger partial charge in [-0.05, 0) is 24.1 Å². The quantitative estimate of drug-likeness (QED) is 0.564. The van der Waals surface area contributed by atoms with Crippen molar-refractivity contribution < 1.29 is 26.4 Å². The molecule has 1 aliphatic rings. The fraction of sp³-hybridized carbons (Fsp3) is 0.522. The lowest BCUT2D eigenvalue weighted by Crippen LogP contribution is -2.49. The molecule has 1 amide bonds. The van der Waals surface area contributed by atoms with E-state index in [0.717, 1.165) is 43.6 Å². The van der Waals surface area contributed by atoms with Crippen molar-refractivity contribution in [1.82, 2.24) is 9.88 Å². The molecule has 2 aromatic rings. The van der Waals surface area contributed by atoms with Gasteiger partial charge in [0.2, 0.25) is 0 Å². The predicted octanol–water partition coefficient (Wildman–Crippen LogP) is 4.54. The van der Waals surface area contributed by atoms with E-state index in [9.17, 15) is 26.4 Å². The van der Waals surface area contributed by atoms with Crippen LogP contribution in [0.2, 0.25) is 0 Å². The maximum absolute atomic E-state index is 13.1. The van der Waals surface area contributed by atoms with Crippen LogP contribution in [0, 0.1) is 17.2 Å². The molecular formula is C23H29F3N4O3S2. The number of aromatic nitrogens is 1. The smallest absolute Gasteiger partial charge is 0.345 e. The number of alkyl halides is 3. The van der Waals surface area contributed by atoms with Gasteiger partial charge in [0.15, 0.2) is 15.0 Å². The third-order valence-corrected chi connectivity index (χ3v) is 7.43. The number of carbonyl (C=O) groups excluding carboxylic acids is 1. The third-order valence-electron chi connectivity index (χ3n) is 5.35. The Morgan fingerprint density at radius 1 is 1.23 bits per heavy atom. The molecule has 0 atom stereocenters. The van der Waals surface area contributed by atoms with E-state index < -0.39 is 21.9 Å². The number of hydrogen-bond donors (Lipinski definition) is 0. The van der Waals surface area contributed by atoms with Crippen LogP contribution in [-0.2, 0) is 16.3 Å². The number of rotatable bonds is 5. The summed E-state index contributed by atoms with van der Waals surface area (Å²) in [5, 5.41) is 9.73. The van der Waals surface area contributed by atoms with Crippen molar-refractivity contribution in [3.05, 3.63) is 40.4 Å². The van der Waals surface area contributed by atoms with Gasteiger partial charge in [0.25, 0.3) is 5.91 Å². The highest BCUT2D eigenvalue weighted by atomic mass is 32.2. The number of nitriles is 1. The normalized spacial score (nSPS) is 14.4. The van der Waals surface area contributed by atoms with Crippen LogP contribution in [0.25, 0.3) is 0 Å². The summed E-state index contributed by atoms with van der Waals surface area (Å²) in [5.74, 6) is -1.34. The molecule has 0 unspecified atom stereocenters. The Hall–Kier alpha value is -2.65. The van der Waals surface area contributed by atoms with Crippen LogP contribution >= 0.6 is 11.3 Å². The van der Waals surface area contributed by atoms with Gasteiger partial charge in [-0.3, -0.25) is 4.79 Å². The number of amides is 1. The summed E-state index contributed by atoms with van der Waals surface area (Å²) < 4.78 is 57.4. The minimum absolute atomic E-state index is 0.134. The van der Waals surface area contributed by atoms with Gasteiger partial charge in [-0.25, -0.2) is 13.4 Å². The van der Waals surface area contributed by atoms with Crippen LogP contribution in [-0.4, -0.2) is 62.8 Å². The largest absolute Gasteiger partial charge is 0.391 e. The van der Waals surface area contributed by atoms with Crippen molar-refractivity contribution in [2.75, 3.05) is 37.3 Å². The first-order valence-corrected chi connectivity index (χ1v) is 13.8. The van der Waals surface area contributed by atoms with E-state index in [1.54, 1.807) is 23.2 Å². The first-order chi connectivity index (χ1) is 16.3. The molecule has 35 heavy (non-hydrogen) atoms. The topological polar surface area (TPSA) is 94.4 Å². The van der Waals surface area contributed by atoms with Crippen molar-refractivity contribution in [2.24, 2.45) is 5.92 Å². The van der Waals surface area contributed by atoms with Gasteiger partial charge in [-0.2, -0.15) is 18.4 Å². The van der Waals surface area contributed by atoms with Crippen LogP contribution in [0.1, 0.15) is 48.0 Å². The number of carbonyl (C=O) groups is 1. The zero-order valence-corrected chi connectivity index (χ0v) is 21.7. The molecule has 2 heterocycles. The molecule has 7 nitrogen and oxygen atoms in total. The number of piperazine rings is 1. The van der Waals surface area contributed by atoms with E-state index in [0.29, 0.717) is 36.6 Å². The summed E-state index contributed by atoms with van der Waals surface area (Å²) >= 11 is 1.34. The molecule has 1 aromatic carbocycles. The van der Waals surface area contributed by atoms with E-state index >= 15 is 0 Å². The molecule has 12 heteroatoms. The number of aryl methyl sites for hydroxylation is 1. The first kappa shape index (κ1) is 28.6. The maximum Gasteiger partial charge on any atom is 0.391 e. The Kier molecular flexibility index (Phi) is 9.68. The minimum atomic E-state index is -4.00. The van der Waals surface area contributed by atoms with Gasteiger partial charge in [0.1, 0.15) is 10.9 Å². The monoisotopic (exact) mass is 530 g/mol. The SMILES string of the molecule is CC(C)C(F)(F)F.CCCc1ccc(S(C)(=O)=O)cc1C(=O)N1CCN(c2ncc(C#N)s2)CC1. The number of benzene rings is 1. The highest BCUT2D eigenvalue weighted by Gasteiger charge is 2.31. The summed E-state index contributed by atoms with van der Waals surface area (Å²) in [6.45, 7) is 6.57. The third kappa shape index (κ3) is 7.93. The lowest BCUT2D eigenvalue weighted by molar-refractivity contribution is -0.164. The second kappa shape index (κ2) is 11.9. The molecule has 1 fully saturated rings. The van der Waals surface area contributed by atoms with Crippen molar-refractivity contribution >= 4 is 32.2 Å². The lowest BCUT2D eigenvalue weighted by atomic mass is 10.0. The van der Waals surface area contributed by atoms with Crippen molar-refractivity contribution in [3.8, 4) is 6.07 Å². The van der Waals surface area contributed by atoms with Crippen molar-refractivity contribution in [2.45, 2.75) is 44.7 Å². The predicted molar refractivity (Wildman–Crippen MR) is 129 cm³/mol. The Labute approximate surface area is 208 Å². The molecule has 0 spiro atoms. The zero-order valence-electron chi connectivity index (χ0n) is 20.1. The van der Waals surface area contributed by atoms with Crippen LogP contribution in [0.3, 0.4) is 0 Å². The molecule has 192 valence electrons. The standard InChI is InChI=1S/C19H22N4O3S2.C4H7F3/c1-3-4-14-5-6-16(28(2,25)26)11-17(14)18(24)22-7-9-23(10-8-22)19-21-13-15(12-20)27-19;1-3(2)4(5,6)7/h5-6,11,13H,3-4,7-10H2,1-2H3;3H,1-2H3. The fourth-order valence-corrected chi connectivity index (χ4v) is 4.62. The number of anilines is 1. The Morgan fingerprint density at radius 2 is 1.83 bits per heavy atom. The Bertz CT molecular complexity index is 1160. The summed E-state index contributed by atoms with van der Waals surface area (Å²) in [6.07, 6.45) is 0.308. The molecule has 1 aromatic heterocycles. The molecular weight excluding hydrogens is 501 g/mol. The number of halogens is 3. The molecule has 1 aliphatic heterocycles. The average molecular weight is 531 g/mol. The minimum Gasteiger partial charge on any atom is -0.345 e. The number of thiazole rings is 1. The summed E-state index contributed by atoms with van der Waals surface area (Å²) in [5.41, 5.74) is 1.35. The van der Waals surface area contributed by atoms with Gasteiger partial charge in [0.05, 0.1) is 11.1 Å².